The number of carbonyl (C=O) groups excluding carboxylic acids is 1. The predicted octanol–water partition coefficient (Wildman–Crippen LogP) is 4.38. The Bertz CT molecular complexity index is 488. The summed E-state index contributed by atoms with van der Waals surface area (Å²) in [6, 6.07) is 4.94. The number of nitrogens with one attached hydrogen (secondary N) is 1. The van der Waals surface area contributed by atoms with E-state index in [1.807, 2.05) is 0 Å². The number of hydrogen-bond donors (Lipinski definition) is 1. The molecule has 0 aromatic heterocycles. The maximum absolute atomic E-state index is 12.0. The molecule has 0 unspecified atom stereocenters. The number of unbranched alkanes of at least 4 members (excludes halogenated alkanes) is 2. The highest BCUT2D eigenvalue weighted by Crippen LogP contribution is 2.20. The highest BCUT2D eigenvalue weighted by molar-refractivity contribution is 6.35. The molecule has 1 aliphatic heterocycles. The van der Waals surface area contributed by atoms with E-state index in [-0.39, 0.29) is 5.91 Å². The lowest BCUT2D eigenvalue weighted by molar-refractivity contribution is 0.0953. The van der Waals surface area contributed by atoms with Crippen LogP contribution in [0.4, 0.5) is 0 Å². The van der Waals surface area contributed by atoms with Crippen molar-refractivity contribution in [2.75, 3.05) is 26.2 Å². The summed E-state index contributed by atoms with van der Waals surface area (Å²) in [5.41, 5.74) is 0.447. The summed E-state index contributed by atoms with van der Waals surface area (Å²) in [5.74, 6) is -0.150. The fourth-order valence-corrected chi connectivity index (χ4v) is 3.16. The Labute approximate surface area is 143 Å². The maximum atomic E-state index is 12.0. The van der Waals surface area contributed by atoms with Gasteiger partial charge in [-0.15, -0.1) is 0 Å². The molecule has 1 amide bonds. The van der Waals surface area contributed by atoms with E-state index >= 15 is 0 Å². The molecule has 0 atom stereocenters. The molecule has 1 heterocycles. The van der Waals surface area contributed by atoms with Crippen molar-refractivity contribution in [2.24, 2.45) is 0 Å². The van der Waals surface area contributed by atoms with Crippen LogP contribution < -0.4 is 5.32 Å². The zero-order valence-corrected chi connectivity index (χ0v) is 14.4. The van der Waals surface area contributed by atoms with Crippen LogP contribution in [0.5, 0.6) is 0 Å². The smallest absolute Gasteiger partial charge is 0.252 e. The summed E-state index contributed by atoms with van der Waals surface area (Å²) in [4.78, 5) is 14.6. The van der Waals surface area contributed by atoms with Crippen molar-refractivity contribution in [1.29, 1.82) is 0 Å². The van der Waals surface area contributed by atoms with E-state index in [1.165, 1.54) is 45.3 Å². The van der Waals surface area contributed by atoms with Crippen molar-refractivity contribution in [2.45, 2.75) is 38.5 Å². The Balaban J connectivity index is 1.60. The summed E-state index contributed by atoms with van der Waals surface area (Å²) >= 11 is 11.9. The van der Waals surface area contributed by atoms with Crippen molar-refractivity contribution in [3.05, 3.63) is 33.8 Å². The highest BCUT2D eigenvalue weighted by atomic mass is 35.5. The SMILES string of the molecule is O=C(NCCCCCN1CCCCC1)c1cc(Cl)ccc1Cl. The lowest BCUT2D eigenvalue weighted by Crippen LogP contribution is -2.30. The molecular formula is C17H24Cl2N2O. The standard InChI is InChI=1S/C17H24Cl2N2O/c18-14-7-8-16(19)15(13-14)17(22)20-9-3-1-4-10-21-11-5-2-6-12-21/h7-8,13H,1-6,9-12H2,(H,20,22). The summed E-state index contributed by atoms with van der Waals surface area (Å²) in [6.45, 7) is 4.38. The molecule has 1 saturated heterocycles. The van der Waals surface area contributed by atoms with Gasteiger partial charge in [-0.25, -0.2) is 0 Å². The normalized spacial score (nSPS) is 15.7. The van der Waals surface area contributed by atoms with Crippen LogP contribution in [0.2, 0.25) is 10.0 Å². The number of carbonyl (C=O) groups is 1. The van der Waals surface area contributed by atoms with E-state index in [1.54, 1.807) is 18.2 Å². The molecular weight excluding hydrogens is 319 g/mol. The number of benzene rings is 1. The number of rotatable bonds is 7. The summed E-state index contributed by atoms with van der Waals surface area (Å²) < 4.78 is 0. The van der Waals surface area contributed by atoms with Gasteiger partial charge in [-0.2, -0.15) is 0 Å². The third-order valence-electron chi connectivity index (χ3n) is 4.06. The van der Waals surface area contributed by atoms with Crippen molar-refractivity contribution in [1.82, 2.24) is 10.2 Å². The van der Waals surface area contributed by atoms with Crippen molar-refractivity contribution in [3.8, 4) is 0 Å². The number of hydrogen-bond acceptors (Lipinski definition) is 2. The maximum Gasteiger partial charge on any atom is 0.252 e. The van der Waals surface area contributed by atoms with E-state index in [2.05, 4.69) is 10.2 Å². The van der Waals surface area contributed by atoms with Gasteiger partial charge in [0.2, 0.25) is 0 Å². The van der Waals surface area contributed by atoms with Gasteiger partial charge in [0.05, 0.1) is 10.6 Å². The van der Waals surface area contributed by atoms with Crippen LogP contribution in [0.25, 0.3) is 0 Å². The van der Waals surface area contributed by atoms with E-state index in [9.17, 15) is 4.79 Å². The molecule has 1 fully saturated rings. The van der Waals surface area contributed by atoms with Crippen LogP contribution in [0, 0.1) is 0 Å². The van der Waals surface area contributed by atoms with Gasteiger partial charge in [-0.1, -0.05) is 36.0 Å². The van der Waals surface area contributed by atoms with Crippen LogP contribution in [-0.4, -0.2) is 37.0 Å². The van der Waals surface area contributed by atoms with E-state index in [0.29, 0.717) is 22.2 Å². The molecule has 0 radical (unpaired) electrons. The zero-order chi connectivity index (χ0) is 15.8. The first-order chi connectivity index (χ1) is 10.7. The molecule has 0 aliphatic carbocycles. The van der Waals surface area contributed by atoms with Crippen LogP contribution in [-0.2, 0) is 0 Å². The van der Waals surface area contributed by atoms with E-state index in [0.717, 1.165) is 12.8 Å². The second-order valence-electron chi connectivity index (χ2n) is 5.84. The number of likely N-dealkylation sites (tertiary alicyclic amines) is 1. The fraction of sp³-hybridized carbons (Fsp3) is 0.588. The third kappa shape index (κ3) is 5.79. The molecule has 1 aromatic rings. The Morgan fingerprint density at radius 1 is 1.09 bits per heavy atom. The quantitative estimate of drug-likeness (QED) is 0.745. The van der Waals surface area contributed by atoms with E-state index < -0.39 is 0 Å². The number of amides is 1. The van der Waals surface area contributed by atoms with Gasteiger partial charge in [-0.05, 0) is 63.5 Å². The first kappa shape index (κ1) is 17.6. The second-order valence-corrected chi connectivity index (χ2v) is 6.69. The lowest BCUT2D eigenvalue weighted by Gasteiger charge is -2.26. The molecule has 2 rings (SSSR count). The van der Waals surface area contributed by atoms with Gasteiger partial charge in [0, 0.05) is 11.6 Å². The molecule has 0 bridgehead atoms. The van der Waals surface area contributed by atoms with E-state index in [4.69, 9.17) is 23.2 Å². The van der Waals surface area contributed by atoms with Gasteiger partial charge in [0.1, 0.15) is 0 Å². The van der Waals surface area contributed by atoms with Crippen LogP contribution in [0.15, 0.2) is 18.2 Å². The Hall–Kier alpha value is -0.770. The summed E-state index contributed by atoms with van der Waals surface area (Å²) in [6.07, 6.45) is 7.41. The molecule has 122 valence electrons. The van der Waals surface area contributed by atoms with Crippen LogP contribution in [0.1, 0.15) is 48.9 Å². The number of halogens is 2. The minimum Gasteiger partial charge on any atom is -0.352 e. The van der Waals surface area contributed by atoms with Gasteiger partial charge >= 0.3 is 0 Å². The molecule has 1 aliphatic rings. The van der Waals surface area contributed by atoms with Gasteiger partial charge < -0.3 is 10.2 Å². The molecule has 1 N–H and O–H groups in total. The van der Waals surface area contributed by atoms with Crippen LogP contribution in [0.3, 0.4) is 0 Å². The van der Waals surface area contributed by atoms with Gasteiger partial charge in [0.15, 0.2) is 0 Å². The minimum atomic E-state index is -0.150. The predicted molar refractivity (Wildman–Crippen MR) is 92.9 cm³/mol. The Kier molecular flexibility index (Phi) is 7.50. The number of nitrogens with zero attached hydrogens (tertiary/aromatic N) is 1. The molecule has 3 nitrogen and oxygen atoms in total. The minimum absolute atomic E-state index is 0.150. The Morgan fingerprint density at radius 2 is 1.86 bits per heavy atom. The fourth-order valence-electron chi connectivity index (χ4n) is 2.79. The Morgan fingerprint density at radius 3 is 2.64 bits per heavy atom. The van der Waals surface area contributed by atoms with Crippen molar-refractivity contribution in [3.63, 3.8) is 0 Å². The van der Waals surface area contributed by atoms with Crippen molar-refractivity contribution >= 4 is 29.1 Å². The molecule has 22 heavy (non-hydrogen) atoms. The molecule has 5 heteroatoms. The second kappa shape index (κ2) is 9.39. The number of piperidine rings is 1. The first-order valence-corrected chi connectivity index (χ1v) is 8.88. The summed E-state index contributed by atoms with van der Waals surface area (Å²) in [7, 11) is 0. The van der Waals surface area contributed by atoms with Crippen molar-refractivity contribution < 1.29 is 4.79 Å². The molecule has 0 spiro atoms. The zero-order valence-electron chi connectivity index (χ0n) is 12.9. The first-order valence-electron chi connectivity index (χ1n) is 8.12. The molecule has 0 saturated carbocycles. The van der Waals surface area contributed by atoms with Gasteiger partial charge in [-0.3, -0.25) is 4.79 Å². The highest BCUT2D eigenvalue weighted by Gasteiger charge is 2.11. The average molecular weight is 343 g/mol. The lowest BCUT2D eigenvalue weighted by atomic mass is 10.1. The monoisotopic (exact) mass is 342 g/mol. The topological polar surface area (TPSA) is 32.3 Å². The summed E-state index contributed by atoms with van der Waals surface area (Å²) in [5, 5.41) is 3.87. The van der Waals surface area contributed by atoms with Gasteiger partial charge in [0.25, 0.3) is 5.91 Å². The largest absolute Gasteiger partial charge is 0.352 e. The molecule has 1 aromatic carbocycles. The average Bonchev–Trinajstić information content (AvgIpc) is 2.54. The van der Waals surface area contributed by atoms with Crippen LogP contribution >= 0.6 is 23.2 Å². The third-order valence-corrected chi connectivity index (χ3v) is 4.62.